The lowest BCUT2D eigenvalue weighted by molar-refractivity contribution is -0.123. The van der Waals surface area contributed by atoms with Gasteiger partial charge in [0.15, 0.2) is 18.1 Å². The molecule has 0 radical (unpaired) electrons. The molecule has 0 aromatic heterocycles. The molecular weight excluding hydrogens is 484 g/mol. The summed E-state index contributed by atoms with van der Waals surface area (Å²) < 4.78 is 22.1. The Morgan fingerprint density at radius 2 is 1.76 bits per heavy atom. The van der Waals surface area contributed by atoms with Gasteiger partial charge in [-0.2, -0.15) is 5.10 Å². The molecule has 3 aromatic rings. The van der Waals surface area contributed by atoms with Gasteiger partial charge in [-0.05, 0) is 72.5 Å². The molecule has 8 nitrogen and oxygen atoms in total. The van der Waals surface area contributed by atoms with Crippen LogP contribution in [0.2, 0.25) is 0 Å². The van der Waals surface area contributed by atoms with Gasteiger partial charge in [0.05, 0.1) is 25.5 Å². The smallest absolute Gasteiger partial charge is 0.343 e. The van der Waals surface area contributed by atoms with Crippen LogP contribution in [-0.4, -0.2) is 38.4 Å². The first-order chi connectivity index (χ1) is 18.5. The van der Waals surface area contributed by atoms with Gasteiger partial charge in [-0.15, -0.1) is 6.58 Å². The van der Waals surface area contributed by atoms with Crippen LogP contribution < -0.4 is 24.4 Å². The molecule has 0 saturated carbocycles. The molecule has 1 N–H and O–H groups in total. The number of amides is 1. The standard InChI is InChI=1S/C30H32N2O6/c1-4-6-18-36-25-15-13-24(14-16-25)30(34)38-27-17-12-22(19-28(27)35-3)20-31-32-29(33)21-37-26-11-8-7-10-23(26)9-5-2/h5,7-8,10-17,19-20H,2,4,6,9,18,21H2,1,3H3,(H,32,33)/b31-20+. The monoisotopic (exact) mass is 516 g/mol. The van der Waals surface area contributed by atoms with Crippen LogP contribution >= 0.6 is 0 Å². The predicted molar refractivity (Wildman–Crippen MR) is 146 cm³/mol. The van der Waals surface area contributed by atoms with Crippen molar-refractivity contribution in [3.8, 4) is 23.0 Å². The maximum atomic E-state index is 12.6. The fourth-order valence-electron chi connectivity index (χ4n) is 3.35. The number of nitrogens with one attached hydrogen (secondary N) is 1. The molecule has 3 rings (SSSR count). The third-order valence-electron chi connectivity index (χ3n) is 5.35. The van der Waals surface area contributed by atoms with Crippen LogP contribution in [0.25, 0.3) is 0 Å². The van der Waals surface area contributed by atoms with E-state index in [2.05, 4.69) is 24.0 Å². The number of nitrogens with zero attached hydrogens (tertiary/aromatic N) is 1. The zero-order valence-electron chi connectivity index (χ0n) is 21.6. The van der Waals surface area contributed by atoms with Crippen LogP contribution in [0.15, 0.2) is 84.5 Å². The van der Waals surface area contributed by atoms with E-state index >= 15 is 0 Å². The topological polar surface area (TPSA) is 95.5 Å². The quantitative estimate of drug-likeness (QED) is 0.0775. The average Bonchev–Trinajstić information content (AvgIpc) is 2.94. The highest BCUT2D eigenvalue weighted by atomic mass is 16.6. The van der Waals surface area contributed by atoms with E-state index in [-0.39, 0.29) is 12.4 Å². The highest BCUT2D eigenvalue weighted by molar-refractivity contribution is 5.92. The van der Waals surface area contributed by atoms with Crippen molar-refractivity contribution in [2.45, 2.75) is 26.2 Å². The summed E-state index contributed by atoms with van der Waals surface area (Å²) in [7, 11) is 1.47. The number of methoxy groups -OCH3 is 1. The molecule has 0 aliphatic carbocycles. The molecule has 0 heterocycles. The molecule has 0 bridgehead atoms. The van der Waals surface area contributed by atoms with E-state index in [1.807, 2.05) is 18.2 Å². The Balaban J connectivity index is 1.53. The summed E-state index contributed by atoms with van der Waals surface area (Å²) in [4.78, 5) is 24.7. The van der Waals surface area contributed by atoms with Crippen molar-refractivity contribution in [3.63, 3.8) is 0 Å². The first kappa shape index (κ1) is 28.0. The summed E-state index contributed by atoms with van der Waals surface area (Å²) in [5, 5.41) is 3.97. The van der Waals surface area contributed by atoms with Crippen molar-refractivity contribution >= 4 is 18.1 Å². The molecule has 38 heavy (non-hydrogen) atoms. The molecule has 0 atom stereocenters. The lowest BCUT2D eigenvalue weighted by atomic mass is 10.1. The van der Waals surface area contributed by atoms with Gasteiger partial charge in [0, 0.05) is 0 Å². The average molecular weight is 517 g/mol. The minimum absolute atomic E-state index is 0.185. The van der Waals surface area contributed by atoms with Crippen molar-refractivity contribution in [1.82, 2.24) is 5.43 Å². The number of hydrazone groups is 1. The highest BCUT2D eigenvalue weighted by Gasteiger charge is 2.13. The van der Waals surface area contributed by atoms with E-state index in [1.165, 1.54) is 13.3 Å². The largest absolute Gasteiger partial charge is 0.494 e. The third-order valence-corrected chi connectivity index (χ3v) is 5.35. The molecule has 1 amide bonds. The van der Waals surface area contributed by atoms with E-state index in [0.29, 0.717) is 41.4 Å². The SMILES string of the molecule is C=CCc1ccccc1OCC(=O)N/N=C/c1ccc(OC(=O)c2ccc(OCCCC)cc2)c(OC)c1. The molecule has 3 aromatic carbocycles. The number of allylic oxidation sites excluding steroid dienone is 1. The molecule has 8 heteroatoms. The second-order valence-corrected chi connectivity index (χ2v) is 8.21. The lowest BCUT2D eigenvalue weighted by Gasteiger charge is -2.11. The predicted octanol–water partition coefficient (Wildman–Crippen LogP) is 5.35. The van der Waals surface area contributed by atoms with Gasteiger partial charge in [-0.3, -0.25) is 4.79 Å². The van der Waals surface area contributed by atoms with Crippen LogP contribution in [-0.2, 0) is 11.2 Å². The zero-order valence-corrected chi connectivity index (χ0v) is 21.6. The second-order valence-electron chi connectivity index (χ2n) is 8.21. The number of carbonyl (C=O) groups excluding carboxylic acids is 2. The van der Waals surface area contributed by atoms with Crippen LogP contribution in [0.4, 0.5) is 0 Å². The van der Waals surface area contributed by atoms with Crippen molar-refractivity contribution in [2.24, 2.45) is 5.10 Å². The Labute approximate surface area is 222 Å². The van der Waals surface area contributed by atoms with Gasteiger partial charge in [0.2, 0.25) is 0 Å². The number of carbonyl (C=O) groups is 2. The normalized spacial score (nSPS) is 10.6. The molecule has 0 fully saturated rings. The Hall–Kier alpha value is -4.59. The van der Waals surface area contributed by atoms with Gasteiger partial charge in [0.25, 0.3) is 5.91 Å². The maximum Gasteiger partial charge on any atom is 0.343 e. The molecule has 0 unspecified atom stereocenters. The number of hydrogen-bond acceptors (Lipinski definition) is 7. The Morgan fingerprint density at radius 3 is 2.50 bits per heavy atom. The summed E-state index contributed by atoms with van der Waals surface area (Å²) in [5.41, 5.74) is 4.39. The zero-order chi connectivity index (χ0) is 27.2. The Bertz CT molecular complexity index is 1250. The molecule has 0 aliphatic heterocycles. The van der Waals surface area contributed by atoms with E-state index in [0.717, 1.165) is 18.4 Å². The molecular formula is C30H32N2O6. The van der Waals surface area contributed by atoms with E-state index in [1.54, 1.807) is 54.6 Å². The minimum atomic E-state index is -0.522. The van der Waals surface area contributed by atoms with Crippen LogP contribution in [0.1, 0.15) is 41.3 Å². The number of hydrogen-bond donors (Lipinski definition) is 1. The summed E-state index contributed by atoms with van der Waals surface area (Å²) in [6.45, 7) is 6.27. The number of ether oxygens (including phenoxy) is 4. The first-order valence-electron chi connectivity index (χ1n) is 12.3. The number of esters is 1. The van der Waals surface area contributed by atoms with Crippen LogP contribution in [0, 0.1) is 0 Å². The van der Waals surface area contributed by atoms with Gasteiger partial charge in [0.1, 0.15) is 11.5 Å². The molecule has 0 aliphatic rings. The summed E-state index contributed by atoms with van der Waals surface area (Å²) in [6, 6.07) is 19.2. The number of benzene rings is 3. The van der Waals surface area contributed by atoms with E-state index in [9.17, 15) is 9.59 Å². The van der Waals surface area contributed by atoms with Crippen molar-refractivity contribution in [3.05, 3.63) is 96.1 Å². The van der Waals surface area contributed by atoms with Gasteiger partial charge in [-0.1, -0.05) is 37.6 Å². The third kappa shape index (κ3) is 8.51. The molecule has 0 spiro atoms. The van der Waals surface area contributed by atoms with Crippen LogP contribution in [0.5, 0.6) is 23.0 Å². The van der Waals surface area contributed by atoms with Gasteiger partial charge < -0.3 is 18.9 Å². The van der Waals surface area contributed by atoms with Gasteiger partial charge >= 0.3 is 5.97 Å². The lowest BCUT2D eigenvalue weighted by Crippen LogP contribution is -2.24. The molecule has 198 valence electrons. The summed E-state index contributed by atoms with van der Waals surface area (Å²) in [6.07, 6.45) is 5.89. The van der Waals surface area contributed by atoms with Crippen LogP contribution in [0.3, 0.4) is 0 Å². The second kappa shape index (κ2) is 14.8. The maximum absolute atomic E-state index is 12.6. The van der Waals surface area contributed by atoms with Crippen molar-refractivity contribution in [1.29, 1.82) is 0 Å². The van der Waals surface area contributed by atoms with Crippen molar-refractivity contribution in [2.75, 3.05) is 20.3 Å². The fourth-order valence-corrected chi connectivity index (χ4v) is 3.35. The molecule has 0 saturated heterocycles. The number of para-hydroxylation sites is 1. The minimum Gasteiger partial charge on any atom is -0.494 e. The fraction of sp³-hybridized carbons (Fsp3) is 0.233. The Kier molecular flexibility index (Phi) is 10.9. The van der Waals surface area contributed by atoms with E-state index < -0.39 is 11.9 Å². The van der Waals surface area contributed by atoms with Crippen molar-refractivity contribution < 1.29 is 28.5 Å². The summed E-state index contributed by atoms with van der Waals surface area (Å²) in [5.74, 6) is 0.995. The number of rotatable bonds is 14. The Morgan fingerprint density at radius 1 is 0.974 bits per heavy atom. The number of unbranched alkanes of at least 4 members (excludes halogenated alkanes) is 1. The first-order valence-corrected chi connectivity index (χ1v) is 12.3. The highest BCUT2D eigenvalue weighted by Crippen LogP contribution is 2.28. The van der Waals surface area contributed by atoms with Gasteiger partial charge in [-0.25, -0.2) is 10.2 Å². The van der Waals surface area contributed by atoms with E-state index in [4.69, 9.17) is 18.9 Å². The summed E-state index contributed by atoms with van der Waals surface area (Å²) >= 11 is 0.